The van der Waals surface area contributed by atoms with Gasteiger partial charge in [-0.15, -0.1) is 0 Å². The molecule has 1 N–H and O–H groups in total. The lowest BCUT2D eigenvalue weighted by Crippen LogP contribution is -2.43. The Bertz CT molecular complexity index is 1000. The molecule has 8 nitrogen and oxygen atoms in total. The van der Waals surface area contributed by atoms with E-state index in [1.807, 2.05) is 30.3 Å². The summed E-state index contributed by atoms with van der Waals surface area (Å²) < 4.78 is 7.60. The summed E-state index contributed by atoms with van der Waals surface area (Å²) in [5.74, 6) is -0.201. The van der Waals surface area contributed by atoms with E-state index in [1.165, 1.54) is 17.7 Å². The van der Waals surface area contributed by atoms with Crippen LogP contribution in [0.15, 0.2) is 46.0 Å². The zero-order valence-corrected chi connectivity index (χ0v) is 16.8. The first kappa shape index (κ1) is 20.8. The van der Waals surface area contributed by atoms with Crippen LogP contribution in [0.2, 0.25) is 0 Å². The molecular weight excluding hydrogens is 372 g/mol. The number of aromatic nitrogens is 2. The van der Waals surface area contributed by atoms with Gasteiger partial charge in [0.1, 0.15) is 11.4 Å². The summed E-state index contributed by atoms with van der Waals surface area (Å²) in [6.07, 6.45) is 3.02. The molecule has 0 bridgehead atoms. The van der Waals surface area contributed by atoms with Gasteiger partial charge in [-0.25, -0.2) is 4.79 Å². The highest BCUT2D eigenvalue weighted by molar-refractivity contribution is 6.09. The fraction of sp³-hybridized carbons (Fsp3) is 0.381. The van der Waals surface area contributed by atoms with Gasteiger partial charge in [0, 0.05) is 40.3 Å². The topological polar surface area (TPSA) is 85.6 Å². The van der Waals surface area contributed by atoms with E-state index in [1.54, 1.807) is 13.1 Å². The summed E-state index contributed by atoms with van der Waals surface area (Å²) in [6.45, 7) is 4.28. The number of nitrogens with one attached hydrogen (secondary N) is 1. The number of hydrogen-bond acceptors (Lipinski definition) is 6. The smallest absolute Gasteiger partial charge is 0.332 e. The Balaban J connectivity index is 1.86. The molecule has 0 aliphatic carbocycles. The van der Waals surface area contributed by atoms with Gasteiger partial charge in [-0.2, -0.15) is 0 Å². The van der Waals surface area contributed by atoms with Gasteiger partial charge >= 0.3 is 5.69 Å². The Hall–Kier alpha value is -2.97. The van der Waals surface area contributed by atoms with E-state index in [2.05, 4.69) is 10.2 Å². The van der Waals surface area contributed by atoms with Crippen LogP contribution in [-0.2, 0) is 18.8 Å². The van der Waals surface area contributed by atoms with Crippen LogP contribution < -0.4 is 16.6 Å². The number of ether oxygens (including phenoxy) is 1. The summed E-state index contributed by atoms with van der Waals surface area (Å²) in [7, 11) is 2.93. The molecule has 0 atom stereocenters. The SMILES string of the molecule is Cn1c(NCCN2CCOCC2)c(C(=O)/C=C/c2ccccc2)c(=O)n(C)c1=O. The standard InChI is InChI=1S/C21H26N4O4/c1-23-19(22-10-11-25-12-14-29-15-13-25)18(20(27)24(2)21(23)28)17(26)9-8-16-6-4-3-5-7-16/h3-9,22H,10-15H2,1-2H3/b9-8+. The third-order valence-electron chi connectivity index (χ3n) is 4.96. The van der Waals surface area contributed by atoms with Crippen LogP contribution in [-0.4, -0.2) is 59.2 Å². The van der Waals surface area contributed by atoms with E-state index in [-0.39, 0.29) is 11.4 Å². The summed E-state index contributed by atoms with van der Waals surface area (Å²) >= 11 is 0. The van der Waals surface area contributed by atoms with Crippen molar-refractivity contribution in [1.82, 2.24) is 14.0 Å². The van der Waals surface area contributed by atoms with Gasteiger partial charge in [0.25, 0.3) is 5.56 Å². The van der Waals surface area contributed by atoms with Crippen molar-refractivity contribution in [2.24, 2.45) is 14.1 Å². The van der Waals surface area contributed by atoms with Crippen LogP contribution in [0.3, 0.4) is 0 Å². The lowest BCUT2D eigenvalue weighted by Gasteiger charge is -2.27. The lowest BCUT2D eigenvalue weighted by atomic mass is 10.1. The molecule has 1 aromatic carbocycles. The number of carbonyl (C=O) groups excluding carboxylic acids is 1. The molecule has 0 radical (unpaired) electrons. The van der Waals surface area contributed by atoms with E-state index in [9.17, 15) is 14.4 Å². The molecule has 0 unspecified atom stereocenters. The van der Waals surface area contributed by atoms with Crippen molar-refractivity contribution in [2.75, 3.05) is 44.7 Å². The molecule has 29 heavy (non-hydrogen) atoms. The molecule has 0 amide bonds. The quantitative estimate of drug-likeness (QED) is 0.547. The second-order valence-corrected chi connectivity index (χ2v) is 6.92. The normalized spacial score (nSPS) is 15.0. The Morgan fingerprint density at radius 3 is 2.48 bits per heavy atom. The fourth-order valence-corrected chi connectivity index (χ4v) is 3.25. The summed E-state index contributed by atoms with van der Waals surface area (Å²) in [6, 6.07) is 9.36. The zero-order chi connectivity index (χ0) is 20.8. The minimum atomic E-state index is -0.607. The van der Waals surface area contributed by atoms with Crippen LogP contribution in [0.25, 0.3) is 6.08 Å². The number of morpholine rings is 1. The van der Waals surface area contributed by atoms with Crippen LogP contribution in [0.5, 0.6) is 0 Å². The van der Waals surface area contributed by atoms with Gasteiger partial charge in [-0.3, -0.25) is 23.6 Å². The third kappa shape index (κ3) is 4.90. The maximum Gasteiger partial charge on any atom is 0.332 e. The number of ketones is 1. The number of nitrogens with zero attached hydrogens (tertiary/aromatic N) is 3. The molecule has 8 heteroatoms. The molecular formula is C21H26N4O4. The highest BCUT2D eigenvalue weighted by Crippen LogP contribution is 2.11. The summed E-state index contributed by atoms with van der Waals surface area (Å²) in [5.41, 5.74) is -0.273. The highest BCUT2D eigenvalue weighted by Gasteiger charge is 2.20. The van der Waals surface area contributed by atoms with Crippen molar-refractivity contribution >= 4 is 17.7 Å². The number of carbonyl (C=O) groups is 1. The lowest BCUT2D eigenvalue weighted by molar-refractivity contribution is 0.0398. The first-order chi connectivity index (χ1) is 14.0. The number of hydrogen-bond donors (Lipinski definition) is 1. The van der Waals surface area contributed by atoms with Crippen molar-refractivity contribution in [3.05, 3.63) is 68.4 Å². The first-order valence-corrected chi connectivity index (χ1v) is 9.60. The van der Waals surface area contributed by atoms with E-state index < -0.39 is 17.0 Å². The minimum absolute atomic E-state index is 0.0382. The number of anilines is 1. The van der Waals surface area contributed by atoms with Crippen LogP contribution in [0, 0.1) is 0 Å². The maximum absolute atomic E-state index is 12.9. The van der Waals surface area contributed by atoms with Gasteiger partial charge in [0.2, 0.25) is 0 Å². The predicted octanol–water partition coefficient (Wildman–Crippen LogP) is 0.724. The highest BCUT2D eigenvalue weighted by atomic mass is 16.5. The molecule has 2 heterocycles. The number of rotatable bonds is 7. The minimum Gasteiger partial charge on any atom is -0.379 e. The average Bonchev–Trinajstić information content (AvgIpc) is 2.75. The van der Waals surface area contributed by atoms with Crippen molar-refractivity contribution < 1.29 is 9.53 Å². The van der Waals surface area contributed by atoms with E-state index >= 15 is 0 Å². The second kappa shape index (κ2) is 9.49. The molecule has 0 spiro atoms. The zero-order valence-electron chi connectivity index (χ0n) is 16.8. The molecule has 1 saturated heterocycles. The van der Waals surface area contributed by atoms with Gasteiger partial charge in [0.05, 0.1) is 13.2 Å². The molecule has 1 aromatic heterocycles. The summed E-state index contributed by atoms with van der Waals surface area (Å²) in [4.78, 5) is 40.2. The van der Waals surface area contributed by atoms with Crippen molar-refractivity contribution in [1.29, 1.82) is 0 Å². The van der Waals surface area contributed by atoms with Gasteiger partial charge in [0.15, 0.2) is 5.78 Å². The monoisotopic (exact) mass is 398 g/mol. The van der Waals surface area contributed by atoms with Gasteiger partial charge < -0.3 is 10.1 Å². The van der Waals surface area contributed by atoms with Crippen molar-refractivity contribution in [3.63, 3.8) is 0 Å². The molecule has 154 valence electrons. The molecule has 2 aromatic rings. The van der Waals surface area contributed by atoms with Gasteiger partial charge in [-0.1, -0.05) is 36.4 Å². The fourth-order valence-electron chi connectivity index (χ4n) is 3.25. The Morgan fingerprint density at radius 1 is 1.10 bits per heavy atom. The first-order valence-electron chi connectivity index (χ1n) is 9.60. The average molecular weight is 398 g/mol. The Kier molecular flexibility index (Phi) is 6.79. The molecule has 1 aliphatic heterocycles. The third-order valence-corrected chi connectivity index (χ3v) is 4.96. The van der Waals surface area contributed by atoms with Crippen molar-refractivity contribution in [2.45, 2.75) is 0 Å². The summed E-state index contributed by atoms with van der Waals surface area (Å²) in [5, 5.41) is 3.13. The largest absolute Gasteiger partial charge is 0.379 e. The van der Waals surface area contributed by atoms with Crippen molar-refractivity contribution in [3.8, 4) is 0 Å². The molecule has 1 fully saturated rings. The molecule has 1 aliphatic rings. The Morgan fingerprint density at radius 2 is 1.79 bits per heavy atom. The number of allylic oxidation sites excluding steroid dienone is 1. The van der Waals surface area contributed by atoms with Crippen LogP contribution in [0.4, 0.5) is 5.82 Å². The van der Waals surface area contributed by atoms with Gasteiger partial charge in [-0.05, 0) is 11.6 Å². The van der Waals surface area contributed by atoms with E-state index in [0.29, 0.717) is 19.8 Å². The van der Waals surface area contributed by atoms with Crippen LogP contribution in [0.1, 0.15) is 15.9 Å². The van der Waals surface area contributed by atoms with E-state index in [0.717, 1.165) is 29.8 Å². The predicted molar refractivity (Wildman–Crippen MR) is 112 cm³/mol. The second-order valence-electron chi connectivity index (χ2n) is 6.92. The Labute approximate surface area is 169 Å². The molecule has 0 saturated carbocycles. The number of benzene rings is 1. The van der Waals surface area contributed by atoms with E-state index in [4.69, 9.17) is 4.74 Å². The molecule has 3 rings (SSSR count). The maximum atomic E-state index is 12.9. The van der Waals surface area contributed by atoms with Crippen LogP contribution >= 0.6 is 0 Å².